The van der Waals surface area contributed by atoms with Crippen molar-refractivity contribution in [2.45, 2.75) is 68.8 Å². The number of benzene rings is 6. The van der Waals surface area contributed by atoms with E-state index in [2.05, 4.69) is 61.1 Å². The van der Waals surface area contributed by atoms with E-state index in [9.17, 15) is 34.8 Å². The molecule has 0 bridgehead atoms. The average molecular weight is 1240 g/mol. The van der Waals surface area contributed by atoms with E-state index in [-0.39, 0.29) is 17.8 Å². The molecular weight excluding hydrogens is 1180 g/mol. The van der Waals surface area contributed by atoms with Crippen molar-refractivity contribution in [3.05, 3.63) is 203 Å². The lowest BCUT2D eigenvalue weighted by Crippen LogP contribution is -2.21. The zero-order valence-electron chi connectivity index (χ0n) is 46.2. The first-order valence-electron chi connectivity index (χ1n) is 25.6. The van der Waals surface area contributed by atoms with Crippen LogP contribution in [0.1, 0.15) is 48.6 Å². The van der Waals surface area contributed by atoms with Crippen molar-refractivity contribution in [3.8, 4) is 28.9 Å². The van der Waals surface area contributed by atoms with Crippen LogP contribution in [0.25, 0.3) is 32.7 Å². The second-order valence-electron chi connectivity index (χ2n) is 19.3. The molecule has 85 heavy (non-hydrogen) atoms. The number of thiophene rings is 1. The van der Waals surface area contributed by atoms with Gasteiger partial charge in [0.2, 0.25) is 0 Å². The zero-order chi connectivity index (χ0) is 61.2. The summed E-state index contributed by atoms with van der Waals surface area (Å²) in [5.41, 5.74) is 20.0. The van der Waals surface area contributed by atoms with Crippen molar-refractivity contribution < 1.29 is 73.5 Å². The van der Waals surface area contributed by atoms with Crippen LogP contribution in [-0.2, 0) is 51.1 Å². The number of aromatic amines is 2. The number of methoxy groups -OCH3 is 1. The number of carbonyl (C=O) groups is 2. The van der Waals surface area contributed by atoms with Gasteiger partial charge in [-0.05, 0) is 137 Å². The highest BCUT2D eigenvalue weighted by Crippen LogP contribution is 2.32. The van der Waals surface area contributed by atoms with Gasteiger partial charge in [0.15, 0.2) is 5.88 Å². The summed E-state index contributed by atoms with van der Waals surface area (Å²) >= 11 is 1.21. The zero-order valence-corrected chi connectivity index (χ0v) is 48.7. The van der Waals surface area contributed by atoms with E-state index in [1.165, 1.54) is 37.2 Å². The minimum absolute atomic E-state index is 0. The Bertz CT molecular complexity index is 3790. The lowest BCUT2D eigenvalue weighted by Gasteiger charge is -2.19. The van der Waals surface area contributed by atoms with Gasteiger partial charge in [0, 0.05) is 45.7 Å². The molecule has 0 radical (unpaired) electrons. The molecule has 0 unspecified atom stereocenters. The van der Waals surface area contributed by atoms with E-state index in [0.717, 1.165) is 62.7 Å². The molecule has 0 aliphatic heterocycles. The Kier molecular flexibility index (Phi) is 24.0. The van der Waals surface area contributed by atoms with Crippen LogP contribution in [0.15, 0.2) is 180 Å². The van der Waals surface area contributed by atoms with E-state index < -0.39 is 34.3 Å². The third-order valence-corrected chi connectivity index (χ3v) is 15.2. The Morgan fingerprint density at radius 2 is 1.20 bits per heavy atom. The lowest BCUT2D eigenvalue weighted by atomic mass is 9.87. The average Bonchev–Trinajstić information content (AvgIpc) is 1.93. The number of H-pyrrole nitrogens is 2. The number of nitrogens with two attached hydrogens (primary N) is 2. The van der Waals surface area contributed by atoms with Crippen molar-refractivity contribution in [1.82, 2.24) is 13.9 Å². The molecule has 0 saturated carbocycles. The number of halogens is 7. The largest absolute Gasteiger partial charge is 0.490 e. The number of nitrogens with one attached hydrogen (secondary N) is 2. The Morgan fingerprint density at radius 1 is 0.624 bits per heavy atom. The lowest BCUT2D eigenvalue weighted by molar-refractivity contribution is -0.193. The number of carboxylic acid groups (broad SMARTS) is 2. The molecule has 10 aromatic rings. The second-order valence-corrected chi connectivity index (χ2v) is 22.3. The van der Waals surface area contributed by atoms with Crippen LogP contribution in [0.4, 0.5) is 26.3 Å². The fourth-order valence-corrected chi connectivity index (χ4v) is 10.4. The number of alkyl halides is 6. The molecule has 0 amide bonds. The summed E-state index contributed by atoms with van der Waals surface area (Å²) < 4.78 is 114. The molecule has 15 nitrogen and oxygen atoms in total. The first-order chi connectivity index (χ1) is 39.8. The Morgan fingerprint density at radius 3 is 1.78 bits per heavy atom. The highest BCUT2D eigenvalue weighted by atomic mass is 35.5. The monoisotopic (exact) mass is 1240 g/mol. The van der Waals surface area contributed by atoms with E-state index in [1.54, 1.807) is 36.9 Å². The number of fused-ring (bicyclic) bond motifs is 3. The summed E-state index contributed by atoms with van der Waals surface area (Å²) in [6.45, 7) is 8.56. The summed E-state index contributed by atoms with van der Waals surface area (Å²) in [5.74, 6) is -1.54. The van der Waals surface area contributed by atoms with Crippen molar-refractivity contribution in [2.24, 2.45) is 11.5 Å². The van der Waals surface area contributed by atoms with Crippen molar-refractivity contribution in [1.29, 1.82) is 0 Å². The molecule has 0 fully saturated rings. The van der Waals surface area contributed by atoms with Crippen LogP contribution in [0.2, 0.25) is 0 Å². The van der Waals surface area contributed by atoms with Crippen LogP contribution < -0.4 is 30.4 Å². The fraction of sp³-hybridized carbons (Fsp3) is 0.213. The number of hydrogen-bond acceptors (Lipinski definition) is 11. The van der Waals surface area contributed by atoms with Gasteiger partial charge in [-0.25, -0.2) is 13.6 Å². The van der Waals surface area contributed by atoms with Gasteiger partial charge in [0.1, 0.15) is 40.4 Å². The predicted molar refractivity (Wildman–Crippen MR) is 319 cm³/mol. The number of carboxylic acids is 2. The molecule has 0 atom stereocenters. The van der Waals surface area contributed by atoms with Gasteiger partial charge in [0.25, 0.3) is 10.0 Å². The van der Waals surface area contributed by atoms with Crippen molar-refractivity contribution in [2.75, 3.05) is 20.2 Å². The normalized spacial score (nSPS) is 11.3. The Hall–Kier alpha value is -8.48. The second kappa shape index (κ2) is 30.4. The van der Waals surface area contributed by atoms with Crippen molar-refractivity contribution in [3.63, 3.8) is 0 Å². The molecule has 0 spiro atoms. The van der Waals surface area contributed by atoms with Crippen LogP contribution >= 0.6 is 23.7 Å². The van der Waals surface area contributed by atoms with Crippen LogP contribution in [0.3, 0.4) is 0 Å². The SMILES string of the molecule is CC(C)(C)c1ccc(COc2ccc3c(c2)c(CCN)cn3S(=O)(=O)c2cccs2)cc1.COc1cc2ccccc2[nH]1.Cl.NCCc1c[nH]c2ccc(OCc3cccc(Oc4ccccc4)c3)cc12.O=C(O)C(F)(F)F.O=C(O)C(F)(F)F. The molecule has 4 aromatic heterocycles. The minimum Gasteiger partial charge on any atom is -0.489 e. The van der Waals surface area contributed by atoms with Gasteiger partial charge in [-0.3, -0.25) is 0 Å². The maximum absolute atomic E-state index is 13.1. The third-order valence-electron chi connectivity index (χ3n) is 12.1. The fourth-order valence-electron chi connectivity index (χ4n) is 7.92. The molecule has 10 rings (SSSR count). The number of ether oxygens (including phenoxy) is 4. The van der Waals surface area contributed by atoms with E-state index in [4.69, 9.17) is 50.2 Å². The van der Waals surface area contributed by atoms with Gasteiger partial charge in [-0.1, -0.05) is 99.6 Å². The minimum atomic E-state index is -5.08. The van der Waals surface area contributed by atoms with E-state index >= 15 is 0 Å². The molecule has 0 aliphatic rings. The van der Waals surface area contributed by atoms with Gasteiger partial charge >= 0.3 is 24.3 Å². The predicted octanol–water partition coefficient (Wildman–Crippen LogP) is 14.2. The third kappa shape index (κ3) is 19.5. The number of aromatic nitrogens is 3. The number of hydrogen-bond donors (Lipinski definition) is 6. The van der Waals surface area contributed by atoms with E-state index in [1.807, 2.05) is 115 Å². The molecule has 8 N–H and O–H groups in total. The van der Waals surface area contributed by atoms with Crippen molar-refractivity contribution >= 4 is 78.4 Å². The van der Waals surface area contributed by atoms with Gasteiger partial charge in [-0.2, -0.15) is 34.8 Å². The molecule has 452 valence electrons. The Labute approximate surface area is 496 Å². The topological polar surface area (TPSA) is 234 Å². The van der Waals surface area contributed by atoms with Gasteiger partial charge < -0.3 is 50.6 Å². The highest BCUT2D eigenvalue weighted by molar-refractivity contribution is 7.92. The standard InChI is InChI=1S/C25H28N2O3S2.C23H22N2O2.C9H9NO.2C2HF3O2.ClH/c1-25(2,3)20-8-6-18(7-9-20)17-30-21-10-11-23-22(15-21)19(12-13-26)16-27(23)32(28,29)24-5-4-14-31-24;24-12-11-18-15-25-23-10-9-20(14-22(18)23)26-16-17-5-4-8-21(13-17)27-19-6-2-1-3-7-19;1-11-9-6-7-4-2-3-5-8(7)10-9;2*3-2(4,5)1(6)7;/h4-11,14-16H,12-13,17,26H2,1-3H3;1-10,13-15,25H,11-12,16,24H2;2-6,10H,1H3;2*(H,6,7);1H. The van der Waals surface area contributed by atoms with Crippen LogP contribution in [0, 0.1) is 0 Å². The molecule has 0 saturated heterocycles. The van der Waals surface area contributed by atoms with Gasteiger partial charge in [-0.15, -0.1) is 23.7 Å². The maximum Gasteiger partial charge on any atom is 0.490 e. The summed E-state index contributed by atoms with van der Waals surface area (Å²) in [5, 5.41) is 19.2. The number of nitrogens with zero attached hydrogens (tertiary/aromatic N) is 1. The summed E-state index contributed by atoms with van der Waals surface area (Å²) in [4.78, 5) is 24.2. The molecule has 6 aromatic carbocycles. The van der Waals surface area contributed by atoms with Gasteiger partial charge in [0.05, 0.1) is 12.6 Å². The van der Waals surface area contributed by atoms with Crippen LogP contribution in [0.5, 0.6) is 28.9 Å². The smallest absolute Gasteiger partial charge is 0.489 e. The molecule has 0 aliphatic carbocycles. The first kappa shape index (κ1) is 67.3. The number of aliphatic carboxylic acids is 2. The number of rotatable bonds is 15. The summed E-state index contributed by atoms with van der Waals surface area (Å²) in [7, 11) is -1.99. The van der Waals surface area contributed by atoms with Crippen LogP contribution in [-0.4, -0.2) is 77.1 Å². The maximum atomic E-state index is 13.1. The Balaban J connectivity index is 0.000000222. The molecular formula is C61H62ClF6N5O10S2. The molecule has 24 heteroatoms. The number of para-hydroxylation sites is 2. The van der Waals surface area contributed by atoms with E-state index in [0.29, 0.717) is 48.2 Å². The molecule has 4 heterocycles. The first-order valence-corrected chi connectivity index (χ1v) is 27.9. The summed E-state index contributed by atoms with van der Waals surface area (Å²) in [6.07, 6.45) is -5.03. The summed E-state index contributed by atoms with van der Waals surface area (Å²) in [6, 6.07) is 51.2. The highest BCUT2D eigenvalue weighted by Gasteiger charge is 2.39. The quantitative estimate of drug-likeness (QED) is 0.0526.